The fourth-order valence-corrected chi connectivity index (χ4v) is 3.50. The highest BCUT2D eigenvalue weighted by Crippen LogP contribution is 2.31. The summed E-state index contributed by atoms with van der Waals surface area (Å²) < 4.78 is 1.23. The standard InChI is InChI=1S/C11H8BrNS/c1-7-4-8(6-13)9-2-3-14-11(9)10(7)5-12/h2-4H,5H2,1H3. The number of nitriles is 1. The van der Waals surface area contributed by atoms with Gasteiger partial charge in [-0.3, -0.25) is 0 Å². The Balaban J connectivity index is 2.90. The van der Waals surface area contributed by atoms with Crippen molar-refractivity contribution in [2.24, 2.45) is 0 Å². The third-order valence-corrected chi connectivity index (χ3v) is 3.86. The van der Waals surface area contributed by atoms with Gasteiger partial charge in [0.2, 0.25) is 0 Å². The van der Waals surface area contributed by atoms with Crippen LogP contribution in [0.15, 0.2) is 17.5 Å². The lowest BCUT2D eigenvalue weighted by molar-refractivity contribution is 1.36. The molecule has 14 heavy (non-hydrogen) atoms. The molecule has 0 radical (unpaired) electrons. The first-order valence-electron chi connectivity index (χ1n) is 4.23. The molecule has 0 saturated carbocycles. The van der Waals surface area contributed by atoms with Gasteiger partial charge in [0.1, 0.15) is 0 Å². The zero-order valence-electron chi connectivity index (χ0n) is 7.67. The van der Waals surface area contributed by atoms with E-state index < -0.39 is 0 Å². The minimum Gasteiger partial charge on any atom is -0.192 e. The highest BCUT2D eigenvalue weighted by atomic mass is 79.9. The first-order valence-corrected chi connectivity index (χ1v) is 6.23. The second-order valence-corrected chi connectivity index (χ2v) is 4.61. The van der Waals surface area contributed by atoms with E-state index in [0.29, 0.717) is 0 Å². The Morgan fingerprint density at radius 2 is 2.36 bits per heavy atom. The van der Waals surface area contributed by atoms with Gasteiger partial charge >= 0.3 is 0 Å². The van der Waals surface area contributed by atoms with Gasteiger partial charge in [-0.2, -0.15) is 5.26 Å². The van der Waals surface area contributed by atoms with E-state index in [9.17, 15) is 0 Å². The average molecular weight is 266 g/mol. The van der Waals surface area contributed by atoms with Crippen LogP contribution in [-0.2, 0) is 5.33 Å². The fourth-order valence-electron chi connectivity index (χ4n) is 1.57. The number of alkyl halides is 1. The Morgan fingerprint density at radius 1 is 1.57 bits per heavy atom. The number of halogens is 1. The summed E-state index contributed by atoms with van der Waals surface area (Å²) in [5.41, 5.74) is 3.27. The van der Waals surface area contributed by atoms with Gasteiger partial charge in [-0.15, -0.1) is 11.3 Å². The van der Waals surface area contributed by atoms with E-state index in [4.69, 9.17) is 5.26 Å². The second kappa shape index (κ2) is 3.72. The summed E-state index contributed by atoms with van der Waals surface area (Å²) in [6.07, 6.45) is 0. The minimum absolute atomic E-state index is 0.781. The Morgan fingerprint density at radius 3 is 3.00 bits per heavy atom. The van der Waals surface area contributed by atoms with Crippen LogP contribution in [0.25, 0.3) is 10.1 Å². The molecule has 1 heterocycles. The smallest absolute Gasteiger partial charge is 0.0998 e. The molecule has 0 aliphatic rings. The van der Waals surface area contributed by atoms with Gasteiger partial charge in [0.25, 0.3) is 0 Å². The van der Waals surface area contributed by atoms with Crippen molar-refractivity contribution in [3.63, 3.8) is 0 Å². The van der Waals surface area contributed by atoms with Gasteiger partial charge in [-0.25, -0.2) is 0 Å². The Kier molecular flexibility index (Phi) is 2.58. The molecule has 0 spiro atoms. The molecule has 0 atom stereocenters. The van der Waals surface area contributed by atoms with E-state index in [2.05, 4.69) is 28.9 Å². The number of aryl methyl sites for hydroxylation is 1. The molecule has 0 N–H and O–H groups in total. The van der Waals surface area contributed by atoms with E-state index in [-0.39, 0.29) is 0 Å². The summed E-state index contributed by atoms with van der Waals surface area (Å²) in [5.74, 6) is 0. The van der Waals surface area contributed by atoms with Crippen LogP contribution in [-0.4, -0.2) is 0 Å². The molecular weight excluding hydrogens is 258 g/mol. The van der Waals surface area contributed by atoms with Crippen molar-refractivity contribution in [1.82, 2.24) is 0 Å². The first kappa shape index (κ1) is 9.70. The maximum atomic E-state index is 8.98. The third-order valence-electron chi connectivity index (χ3n) is 2.32. The van der Waals surface area contributed by atoms with Crippen LogP contribution >= 0.6 is 27.3 Å². The maximum absolute atomic E-state index is 8.98. The molecule has 0 aliphatic carbocycles. The Bertz CT molecular complexity index is 522. The van der Waals surface area contributed by atoms with Gasteiger partial charge in [0, 0.05) is 15.4 Å². The minimum atomic E-state index is 0.781. The number of rotatable bonds is 1. The second-order valence-electron chi connectivity index (χ2n) is 3.13. The molecule has 70 valence electrons. The predicted molar refractivity (Wildman–Crippen MR) is 63.9 cm³/mol. The summed E-state index contributed by atoms with van der Waals surface area (Å²) in [6.45, 7) is 2.05. The Hall–Kier alpha value is -0.850. The van der Waals surface area contributed by atoms with Crippen molar-refractivity contribution < 1.29 is 0 Å². The number of thiophene rings is 1. The number of hydrogen-bond acceptors (Lipinski definition) is 2. The molecular formula is C11H8BrNS. The van der Waals surface area contributed by atoms with Crippen LogP contribution in [0.1, 0.15) is 16.7 Å². The van der Waals surface area contributed by atoms with Gasteiger partial charge in [-0.05, 0) is 35.6 Å². The molecule has 1 nitrogen and oxygen atoms in total. The molecule has 0 fully saturated rings. The van der Waals surface area contributed by atoms with Crippen molar-refractivity contribution in [3.05, 3.63) is 34.2 Å². The van der Waals surface area contributed by atoms with E-state index in [1.54, 1.807) is 11.3 Å². The van der Waals surface area contributed by atoms with Gasteiger partial charge < -0.3 is 0 Å². The highest BCUT2D eigenvalue weighted by molar-refractivity contribution is 9.08. The quantitative estimate of drug-likeness (QED) is 0.716. The van der Waals surface area contributed by atoms with Gasteiger partial charge in [-0.1, -0.05) is 15.9 Å². The SMILES string of the molecule is Cc1cc(C#N)c2ccsc2c1CBr. The van der Waals surface area contributed by atoms with E-state index >= 15 is 0 Å². The molecule has 0 saturated heterocycles. The topological polar surface area (TPSA) is 23.8 Å². The molecule has 0 bridgehead atoms. The van der Waals surface area contributed by atoms with Crippen molar-refractivity contribution in [3.8, 4) is 6.07 Å². The van der Waals surface area contributed by atoms with Crippen molar-refractivity contribution in [1.29, 1.82) is 5.26 Å². The number of benzene rings is 1. The molecule has 2 aromatic rings. The van der Waals surface area contributed by atoms with Crippen molar-refractivity contribution >= 4 is 37.4 Å². The zero-order valence-corrected chi connectivity index (χ0v) is 10.1. The van der Waals surface area contributed by atoms with Crippen LogP contribution in [0.5, 0.6) is 0 Å². The van der Waals surface area contributed by atoms with Crippen LogP contribution < -0.4 is 0 Å². The summed E-state index contributed by atoms with van der Waals surface area (Å²) in [6, 6.07) is 6.22. The summed E-state index contributed by atoms with van der Waals surface area (Å²) in [7, 11) is 0. The first-order chi connectivity index (χ1) is 6.77. The van der Waals surface area contributed by atoms with Crippen LogP contribution in [0.2, 0.25) is 0 Å². The molecule has 3 heteroatoms. The summed E-state index contributed by atoms with van der Waals surface area (Å²) in [4.78, 5) is 0. The lowest BCUT2D eigenvalue weighted by Gasteiger charge is -2.04. The van der Waals surface area contributed by atoms with Crippen LogP contribution in [0, 0.1) is 18.3 Å². The zero-order chi connectivity index (χ0) is 10.1. The summed E-state index contributed by atoms with van der Waals surface area (Å²) in [5, 5.41) is 13.0. The average Bonchev–Trinajstić information content (AvgIpc) is 2.65. The summed E-state index contributed by atoms with van der Waals surface area (Å²) >= 11 is 5.19. The van der Waals surface area contributed by atoms with E-state index in [0.717, 1.165) is 16.3 Å². The number of nitrogens with zero attached hydrogens (tertiary/aromatic N) is 1. The van der Waals surface area contributed by atoms with Gasteiger partial charge in [0.05, 0.1) is 11.6 Å². The van der Waals surface area contributed by atoms with E-state index in [1.165, 1.54) is 15.8 Å². The maximum Gasteiger partial charge on any atom is 0.0998 e. The van der Waals surface area contributed by atoms with E-state index in [1.807, 2.05) is 17.5 Å². The Labute approximate surface area is 95.1 Å². The van der Waals surface area contributed by atoms with Crippen LogP contribution in [0.3, 0.4) is 0 Å². The highest BCUT2D eigenvalue weighted by Gasteiger charge is 2.09. The third kappa shape index (κ3) is 1.35. The lowest BCUT2D eigenvalue weighted by Crippen LogP contribution is -1.87. The van der Waals surface area contributed by atoms with Crippen molar-refractivity contribution in [2.75, 3.05) is 0 Å². The molecule has 0 aliphatic heterocycles. The molecule has 1 aromatic carbocycles. The predicted octanol–water partition coefficient (Wildman–Crippen LogP) is 3.98. The molecule has 0 unspecified atom stereocenters. The molecule has 2 rings (SSSR count). The molecule has 1 aromatic heterocycles. The normalized spacial score (nSPS) is 10.4. The monoisotopic (exact) mass is 265 g/mol. The van der Waals surface area contributed by atoms with Crippen LogP contribution in [0.4, 0.5) is 0 Å². The largest absolute Gasteiger partial charge is 0.192 e. The fraction of sp³-hybridized carbons (Fsp3) is 0.182. The van der Waals surface area contributed by atoms with Crippen molar-refractivity contribution in [2.45, 2.75) is 12.3 Å². The number of hydrogen-bond donors (Lipinski definition) is 0. The number of fused-ring (bicyclic) bond motifs is 1. The van der Waals surface area contributed by atoms with Gasteiger partial charge in [0.15, 0.2) is 0 Å². The molecule has 0 amide bonds. The lowest BCUT2D eigenvalue weighted by atomic mass is 10.0.